The number of benzene rings is 2. The summed E-state index contributed by atoms with van der Waals surface area (Å²) in [5.41, 5.74) is -3.36. The van der Waals surface area contributed by atoms with E-state index >= 15 is 0 Å². The lowest BCUT2D eigenvalue weighted by Gasteiger charge is -2.16. The van der Waals surface area contributed by atoms with Crippen molar-refractivity contribution in [1.82, 2.24) is 9.78 Å². The monoisotopic (exact) mass is 458 g/mol. The molecule has 3 rings (SSSR count). The predicted octanol–water partition coefficient (Wildman–Crippen LogP) is 3.66. The predicted molar refractivity (Wildman–Crippen MR) is 107 cm³/mol. The van der Waals surface area contributed by atoms with Crippen LogP contribution in [0, 0.1) is 5.82 Å². The lowest BCUT2D eigenvalue weighted by Crippen LogP contribution is -2.22. The molecule has 0 spiro atoms. The number of fused-ring (bicyclic) bond motifs is 1. The molecule has 0 aliphatic carbocycles. The fraction of sp³-hybridized carbons (Fsp3) is 0.300. The van der Waals surface area contributed by atoms with E-state index in [9.17, 15) is 30.8 Å². The summed E-state index contributed by atoms with van der Waals surface area (Å²) < 4.78 is 84.5. The van der Waals surface area contributed by atoms with Crippen LogP contribution in [0.3, 0.4) is 0 Å². The van der Waals surface area contributed by atoms with Crippen LogP contribution in [-0.4, -0.2) is 36.8 Å². The number of aromatic nitrogens is 2. The van der Waals surface area contributed by atoms with Gasteiger partial charge in [0.2, 0.25) is 5.43 Å². The summed E-state index contributed by atoms with van der Waals surface area (Å²) >= 11 is 0. The molecule has 166 valence electrons. The van der Waals surface area contributed by atoms with Crippen molar-refractivity contribution in [2.75, 3.05) is 18.6 Å². The van der Waals surface area contributed by atoms with Gasteiger partial charge in [-0.1, -0.05) is 19.1 Å². The molecule has 1 aromatic heterocycles. The number of halogens is 4. The van der Waals surface area contributed by atoms with Crippen molar-refractivity contribution in [1.29, 1.82) is 0 Å². The van der Waals surface area contributed by atoms with E-state index in [0.29, 0.717) is 6.07 Å². The molecular formula is C20H18F4N2O4S. The zero-order valence-electron chi connectivity index (χ0n) is 16.5. The van der Waals surface area contributed by atoms with Crippen LogP contribution >= 0.6 is 0 Å². The van der Waals surface area contributed by atoms with Gasteiger partial charge in [-0.2, -0.15) is 18.3 Å². The van der Waals surface area contributed by atoms with E-state index in [1.54, 1.807) is 0 Å². The van der Waals surface area contributed by atoms with Crippen molar-refractivity contribution in [3.8, 4) is 17.0 Å². The maximum Gasteiger partial charge on any atom is 0.419 e. The van der Waals surface area contributed by atoms with Crippen molar-refractivity contribution in [3.63, 3.8) is 0 Å². The van der Waals surface area contributed by atoms with Crippen molar-refractivity contribution in [2.45, 2.75) is 19.6 Å². The quantitative estimate of drug-likeness (QED) is 0.527. The van der Waals surface area contributed by atoms with Crippen LogP contribution in [0.15, 0.2) is 41.2 Å². The third kappa shape index (κ3) is 4.41. The van der Waals surface area contributed by atoms with Crippen molar-refractivity contribution in [3.05, 3.63) is 58.0 Å². The van der Waals surface area contributed by atoms with E-state index in [2.05, 4.69) is 5.10 Å². The first-order valence-corrected chi connectivity index (χ1v) is 11.0. The van der Waals surface area contributed by atoms with Gasteiger partial charge in [-0.25, -0.2) is 12.8 Å². The summed E-state index contributed by atoms with van der Waals surface area (Å²) in [4.78, 5) is 13.0. The first-order chi connectivity index (χ1) is 14.5. The van der Waals surface area contributed by atoms with E-state index in [1.807, 2.05) is 0 Å². The largest absolute Gasteiger partial charge is 0.494 e. The highest BCUT2D eigenvalue weighted by molar-refractivity contribution is 7.91. The Morgan fingerprint density at radius 2 is 1.81 bits per heavy atom. The average Bonchev–Trinajstić information content (AvgIpc) is 2.72. The highest BCUT2D eigenvalue weighted by atomic mass is 32.2. The summed E-state index contributed by atoms with van der Waals surface area (Å²) in [6.07, 6.45) is -4.96. The Hall–Kier alpha value is -2.95. The Morgan fingerprint density at radius 3 is 2.42 bits per heavy atom. The third-order valence-corrected chi connectivity index (χ3v) is 6.45. The lowest BCUT2D eigenvalue weighted by molar-refractivity contribution is -0.139. The minimum atomic E-state index is -4.96. The Balaban J connectivity index is 2.33. The second-order valence-electron chi connectivity index (χ2n) is 6.66. The van der Waals surface area contributed by atoms with Gasteiger partial charge in [0.1, 0.15) is 22.8 Å². The minimum absolute atomic E-state index is 0.00931. The number of methoxy groups -OCH3 is 1. The number of ether oxygens (including phenoxy) is 1. The molecule has 1 heterocycles. The second-order valence-corrected chi connectivity index (χ2v) is 9.13. The van der Waals surface area contributed by atoms with Crippen LogP contribution in [0.1, 0.15) is 12.5 Å². The SMILES string of the molecule is CCS(=O)(=O)CCn1nc(-c2cccc(C(F)(F)F)c2F)c(=O)c2cccc(OC)c21. The number of rotatable bonds is 6. The molecule has 3 aromatic rings. The van der Waals surface area contributed by atoms with E-state index in [4.69, 9.17) is 4.74 Å². The molecule has 0 radical (unpaired) electrons. The molecule has 0 saturated carbocycles. The Bertz CT molecular complexity index is 1300. The van der Waals surface area contributed by atoms with Crippen molar-refractivity contribution >= 4 is 20.7 Å². The first-order valence-electron chi connectivity index (χ1n) is 9.14. The van der Waals surface area contributed by atoms with Crippen LogP contribution in [0.5, 0.6) is 5.75 Å². The van der Waals surface area contributed by atoms with Gasteiger partial charge in [0.25, 0.3) is 0 Å². The first kappa shape index (κ1) is 22.7. The van der Waals surface area contributed by atoms with Gasteiger partial charge in [-0.15, -0.1) is 0 Å². The molecule has 0 N–H and O–H groups in total. The van der Waals surface area contributed by atoms with Gasteiger partial charge in [-0.05, 0) is 24.3 Å². The van der Waals surface area contributed by atoms with Gasteiger partial charge in [-0.3, -0.25) is 9.48 Å². The van der Waals surface area contributed by atoms with Crippen molar-refractivity contribution < 1.29 is 30.7 Å². The topological polar surface area (TPSA) is 78.3 Å². The fourth-order valence-electron chi connectivity index (χ4n) is 3.12. The average molecular weight is 458 g/mol. The zero-order valence-corrected chi connectivity index (χ0v) is 17.3. The van der Waals surface area contributed by atoms with Crippen LogP contribution in [0.4, 0.5) is 17.6 Å². The summed E-state index contributed by atoms with van der Waals surface area (Å²) in [5.74, 6) is -1.88. The van der Waals surface area contributed by atoms with Crippen LogP contribution in [0.2, 0.25) is 0 Å². The number of sulfone groups is 1. The van der Waals surface area contributed by atoms with Gasteiger partial charge >= 0.3 is 6.18 Å². The summed E-state index contributed by atoms with van der Waals surface area (Å²) in [5, 5.41) is 4.06. The summed E-state index contributed by atoms with van der Waals surface area (Å²) in [6.45, 7) is 1.26. The van der Waals surface area contributed by atoms with Gasteiger partial charge in [0, 0.05) is 11.3 Å². The summed E-state index contributed by atoms with van der Waals surface area (Å²) in [7, 11) is -2.09. The normalized spacial score (nSPS) is 12.3. The van der Waals surface area contributed by atoms with Gasteiger partial charge < -0.3 is 4.74 Å². The molecule has 2 aromatic carbocycles. The zero-order chi connectivity index (χ0) is 23.0. The second kappa shape index (κ2) is 8.29. The Labute approximate surface area is 175 Å². The molecule has 0 amide bonds. The highest BCUT2D eigenvalue weighted by Gasteiger charge is 2.35. The maximum atomic E-state index is 14.7. The number of alkyl halides is 3. The van der Waals surface area contributed by atoms with Crippen molar-refractivity contribution in [2.24, 2.45) is 0 Å². The molecular weight excluding hydrogens is 440 g/mol. The smallest absolute Gasteiger partial charge is 0.419 e. The number of aryl methyl sites for hydroxylation is 1. The van der Waals surface area contributed by atoms with Crippen LogP contribution in [0.25, 0.3) is 22.2 Å². The third-order valence-electron chi connectivity index (χ3n) is 4.77. The molecule has 0 saturated heterocycles. The van der Waals surface area contributed by atoms with E-state index in [1.165, 1.54) is 32.2 Å². The van der Waals surface area contributed by atoms with Gasteiger partial charge in [0.05, 0.1) is 30.4 Å². The molecule has 6 nitrogen and oxygen atoms in total. The highest BCUT2D eigenvalue weighted by Crippen LogP contribution is 2.35. The number of para-hydroxylation sites is 1. The van der Waals surface area contributed by atoms with E-state index in [-0.39, 0.29) is 34.7 Å². The number of hydrogen-bond donors (Lipinski definition) is 0. The molecule has 0 fully saturated rings. The van der Waals surface area contributed by atoms with E-state index in [0.717, 1.165) is 16.8 Å². The van der Waals surface area contributed by atoms with E-state index < -0.39 is 44.1 Å². The summed E-state index contributed by atoms with van der Waals surface area (Å²) in [6, 6.07) is 6.97. The van der Waals surface area contributed by atoms with Crippen LogP contribution < -0.4 is 10.2 Å². The minimum Gasteiger partial charge on any atom is -0.494 e. The molecule has 0 unspecified atom stereocenters. The standard InChI is InChI=1S/C20H18F4N2O4S/c1-3-31(28,29)11-10-26-18-13(7-5-9-15(18)30-2)19(27)17(25-26)12-6-4-8-14(16(12)21)20(22,23)24/h4-9H,3,10-11H2,1-2H3. The van der Waals surface area contributed by atoms with Crippen LogP contribution in [-0.2, 0) is 22.6 Å². The Morgan fingerprint density at radius 1 is 1.13 bits per heavy atom. The maximum absolute atomic E-state index is 14.7. The molecule has 0 bridgehead atoms. The molecule has 31 heavy (non-hydrogen) atoms. The number of nitrogens with zero attached hydrogens (tertiary/aromatic N) is 2. The molecule has 0 aliphatic heterocycles. The molecule has 0 aliphatic rings. The lowest BCUT2D eigenvalue weighted by atomic mass is 10.0. The van der Waals surface area contributed by atoms with Gasteiger partial charge in [0.15, 0.2) is 9.84 Å². The Kier molecular flexibility index (Phi) is 6.08. The fourth-order valence-corrected chi connectivity index (χ4v) is 3.86. The number of hydrogen-bond acceptors (Lipinski definition) is 5. The molecule has 11 heteroatoms. The molecule has 0 atom stereocenters.